The minimum atomic E-state index is -0.874. The molecule has 2 unspecified atom stereocenters. The average molecular weight is 314 g/mol. The number of halogens is 1. The van der Waals surface area contributed by atoms with Gasteiger partial charge in [-0.15, -0.1) is 0 Å². The molecule has 1 aromatic rings. The van der Waals surface area contributed by atoms with Gasteiger partial charge in [0.1, 0.15) is 5.60 Å². The monoisotopic (exact) mass is 313 g/mol. The molecule has 5 heteroatoms. The lowest BCUT2D eigenvalue weighted by Gasteiger charge is -2.44. The molecule has 0 saturated heterocycles. The second-order valence-corrected chi connectivity index (χ2v) is 8.16. The van der Waals surface area contributed by atoms with Gasteiger partial charge in [0.25, 0.3) is 0 Å². The molecule has 4 nitrogen and oxygen atoms in total. The minimum Gasteiger partial charge on any atom is -0.383 e. The number of nitrogens with zero attached hydrogens (tertiary/aromatic N) is 3. The summed E-state index contributed by atoms with van der Waals surface area (Å²) >= 11 is 6.37. The van der Waals surface area contributed by atoms with Crippen molar-refractivity contribution in [2.45, 2.75) is 52.2 Å². The summed E-state index contributed by atoms with van der Waals surface area (Å²) in [7, 11) is 4.07. The van der Waals surface area contributed by atoms with Gasteiger partial charge in [0.05, 0.1) is 23.5 Å². The van der Waals surface area contributed by atoms with E-state index in [2.05, 4.69) is 30.8 Å². The van der Waals surface area contributed by atoms with E-state index in [0.717, 1.165) is 38.0 Å². The molecule has 1 saturated carbocycles. The van der Waals surface area contributed by atoms with E-state index in [9.17, 15) is 5.11 Å². The average Bonchev–Trinajstić information content (AvgIpc) is 2.65. The Labute approximate surface area is 133 Å². The maximum absolute atomic E-state index is 11.3. The third-order valence-electron chi connectivity index (χ3n) is 4.35. The highest BCUT2D eigenvalue weighted by molar-refractivity contribution is 6.31. The first-order valence-corrected chi connectivity index (χ1v) is 8.10. The highest BCUT2D eigenvalue weighted by Gasteiger charge is 2.45. The van der Waals surface area contributed by atoms with Gasteiger partial charge in [-0.1, -0.05) is 32.4 Å². The smallest absolute Gasteiger partial charge is 0.108 e. The molecule has 2 atom stereocenters. The van der Waals surface area contributed by atoms with E-state index >= 15 is 0 Å². The molecule has 1 N–H and O–H groups in total. The molecular formula is C16H28ClN3O. The van der Waals surface area contributed by atoms with Gasteiger partial charge in [0.2, 0.25) is 0 Å². The zero-order chi connectivity index (χ0) is 15.8. The van der Waals surface area contributed by atoms with E-state index in [1.54, 1.807) is 6.20 Å². The Morgan fingerprint density at radius 3 is 2.67 bits per heavy atom. The van der Waals surface area contributed by atoms with Crippen LogP contribution in [-0.2, 0) is 12.1 Å². The van der Waals surface area contributed by atoms with Crippen LogP contribution in [0.5, 0.6) is 0 Å². The lowest BCUT2D eigenvalue weighted by Crippen LogP contribution is -2.42. The number of hydrogen-bond donors (Lipinski definition) is 1. The predicted octanol–water partition coefficient (Wildman–Crippen LogP) is 3.13. The van der Waals surface area contributed by atoms with Gasteiger partial charge < -0.3 is 10.0 Å². The zero-order valence-electron chi connectivity index (χ0n) is 13.9. The molecule has 0 amide bonds. The summed E-state index contributed by atoms with van der Waals surface area (Å²) in [5.41, 5.74) is 0.0404. The molecule has 120 valence electrons. The Bertz CT molecular complexity index is 498. The summed E-state index contributed by atoms with van der Waals surface area (Å²) in [5.74, 6) is 0.479. The Balaban J connectivity index is 2.33. The van der Waals surface area contributed by atoms with Crippen molar-refractivity contribution >= 4 is 11.6 Å². The topological polar surface area (TPSA) is 41.3 Å². The van der Waals surface area contributed by atoms with Gasteiger partial charge in [-0.05, 0) is 44.7 Å². The van der Waals surface area contributed by atoms with Crippen molar-refractivity contribution in [3.05, 3.63) is 16.9 Å². The number of aromatic nitrogens is 2. The van der Waals surface area contributed by atoms with E-state index in [1.165, 1.54) is 0 Å². The Morgan fingerprint density at radius 1 is 1.43 bits per heavy atom. The van der Waals surface area contributed by atoms with Crippen molar-refractivity contribution in [2.75, 3.05) is 20.6 Å². The molecule has 2 rings (SSSR count). The fraction of sp³-hybridized carbons (Fsp3) is 0.812. The lowest BCUT2D eigenvalue weighted by atomic mass is 9.65. The summed E-state index contributed by atoms with van der Waals surface area (Å²) in [4.78, 5) is 2.11. The third kappa shape index (κ3) is 3.79. The van der Waals surface area contributed by atoms with Crippen molar-refractivity contribution in [2.24, 2.45) is 11.3 Å². The molecule has 1 aliphatic rings. The maximum atomic E-state index is 11.3. The van der Waals surface area contributed by atoms with Crippen molar-refractivity contribution in [1.29, 1.82) is 0 Å². The maximum Gasteiger partial charge on any atom is 0.108 e. The van der Waals surface area contributed by atoms with Crippen molar-refractivity contribution in [3.8, 4) is 0 Å². The normalized spacial score (nSPS) is 29.0. The van der Waals surface area contributed by atoms with Gasteiger partial charge >= 0.3 is 0 Å². The van der Waals surface area contributed by atoms with Crippen LogP contribution in [0.2, 0.25) is 5.02 Å². The van der Waals surface area contributed by atoms with Crippen LogP contribution < -0.4 is 0 Å². The zero-order valence-corrected chi connectivity index (χ0v) is 14.6. The van der Waals surface area contributed by atoms with Crippen LogP contribution in [0.4, 0.5) is 0 Å². The Hall–Kier alpha value is -0.580. The standard InChI is InChI=1S/C16H28ClN3O/c1-12-8-15(2,3)11-16(21,9-12)14-13(17)10-18-20(14)7-6-19(4)5/h10,12,21H,6-9,11H2,1-5H3. The van der Waals surface area contributed by atoms with Gasteiger partial charge in [0, 0.05) is 6.54 Å². The van der Waals surface area contributed by atoms with E-state index in [-0.39, 0.29) is 5.41 Å². The molecule has 1 aliphatic carbocycles. The summed E-state index contributed by atoms with van der Waals surface area (Å²) in [6.07, 6.45) is 4.29. The summed E-state index contributed by atoms with van der Waals surface area (Å²) in [6, 6.07) is 0. The second-order valence-electron chi connectivity index (χ2n) is 7.75. The van der Waals surface area contributed by atoms with Crippen LogP contribution in [0.1, 0.15) is 45.7 Å². The van der Waals surface area contributed by atoms with Crippen LogP contribution >= 0.6 is 11.6 Å². The number of rotatable bonds is 4. The fourth-order valence-electron chi connectivity index (χ4n) is 4.00. The van der Waals surface area contributed by atoms with E-state index in [4.69, 9.17) is 11.6 Å². The molecule has 0 aromatic carbocycles. The number of likely N-dealkylation sites (N-methyl/N-ethyl adjacent to an activating group) is 1. The van der Waals surface area contributed by atoms with E-state index in [1.807, 2.05) is 18.8 Å². The van der Waals surface area contributed by atoms with Crippen molar-refractivity contribution < 1.29 is 5.11 Å². The first-order chi connectivity index (χ1) is 9.63. The Kier molecular flexibility index (Phi) is 4.72. The largest absolute Gasteiger partial charge is 0.383 e. The molecule has 0 radical (unpaired) electrons. The molecule has 21 heavy (non-hydrogen) atoms. The third-order valence-corrected chi connectivity index (χ3v) is 4.63. The first kappa shape index (κ1) is 16.8. The Morgan fingerprint density at radius 2 is 2.10 bits per heavy atom. The minimum absolute atomic E-state index is 0.117. The van der Waals surface area contributed by atoms with E-state index < -0.39 is 5.60 Å². The van der Waals surface area contributed by atoms with E-state index in [0.29, 0.717) is 10.9 Å². The molecule has 1 fully saturated rings. The van der Waals surface area contributed by atoms with Crippen LogP contribution in [0.15, 0.2) is 6.20 Å². The van der Waals surface area contributed by atoms with Gasteiger partial charge in [-0.25, -0.2) is 0 Å². The highest BCUT2D eigenvalue weighted by atomic mass is 35.5. The number of hydrogen-bond acceptors (Lipinski definition) is 3. The molecule has 0 aliphatic heterocycles. The first-order valence-electron chi connectivity index (χ1n) is 7.72. The molecule has 0 bridgehead atoms. The molecular weight excluding hydrogens is 286 g/mol. The molecule has 1 heterocycles. The van der Waals surface area contributed by atoms with Crippen molar-refractivity contribution in [3.63, 3.8) is 0 Å². The molecule has 0 spiro atoms. The second kappa shape index (κ2) is 5.90. The fourth-order valence-corrected chi connectivity index (χ4v) is 4.31. The highest BCUT2D eigenvalue weighted by Crippen LogP contribution is 2.49. The van der Waals surface area contributed by atoms with Gasteiger partial charge in [-0.2, -0.15) is 5.10 Å². The van der Waals surface area contributed by atoms with Crippen LogP contribution in [0.25, 0.3) is 0 Å². The predicted molar refractivity (Wildman–Crippen MR) is 86.5 cm³/mol. The van der Waals surface area contributed by atoms with Crippen LogP contribution in [0.3, 0.4) is 0 Å². The summed E-state index contributed by atoms with van der Waals surface area (Å²) in [6.45, 7) is 8.27. The SMILES string of the molecule is CC1CC(C)(C)CC(O)(c2c(Cl)cnn2CCN(C)C)C1. The van der Waals surface area contributed by atoms with Crippen LogP contribution in [0, 0.1) is 11.3 Å². The quantitative estimate of drug-likeness (QED) is 0.928. The summed E-state index contributed by atoms with van der Waals surface area (Å²) < 4.78 is 1.89. The van der Waals surface area contributed by atoms with Crippen molar-refractivity contribution in [1.82, 2.24) is 14.7 Å². The van der Waals surface area contributed by atoms with Gasteiger partial charge in [-0.3, -0.25) is 4.68 Å². The molecule has 1 aromatic heterocycles. The van der Waals surface area contributed by atoms with Gasteiger partial charge in [0.15, 0.2) is 0 Å². The number of aliphatic hydroxyl groups is 1. The van der Waals surface area contributed by atoms with Crippen LogP contribution in [-0.4, -0.2) is 40.4 Å². The lowest BCUT2D eigenvalue weighted by molar-refractivity contribution is -0.0695. The summed E-state index contributed by atoms with van der Waals surface area (Å²) in [5, 5.41) is 16.3.